The molecule has 1 aliphatic heterocycles. The van der Waals surface area contributed by atoms with Crippen LogP contribution in [0.5, 0.6) is 11.6 Å². The number of halogens is 1. The van der Waals surface area contributed by atoms with Crippen molar-refractivity contribution >= 4 is 5.97 Å². The molecule has 0 radical (unpaired) electrons. The number of aryl methyl sites for hydroxylation is 1. The fourth-order valence-corrected chi connectivity index (χ4v) is 5.79. The minimum Gasteiger partial charge on any atom is -0.485 e. The van der Waals surface area contributed by atoms with Crippen LogP contribution >= 0.6 is 0 Å². The van der Waals surface area contributed by atoms with Crippen LogP contribution in [0.25, 0.3) is 11.1 Å². The highest BCUT2D eigenvalue weighted by atomic mass is 19.1. The quantitative estimate of drug-likeness (QED) is 0.327. The lowest BCUT2D eigenvalue weighted by atomic mass is 9.82. The van der Waals surface area contributed by atoms with E-state index in [-0.39, 0.29) is 18.1 Å². The summed E-state index contributed by atoms with van der Waals surface area (Å²) < 4.78 is 26.8. The van der Waals surface area contributed by atoms with Crippen LogP contribution in [0.15, 0.2) is 48.7 Å². The monoisotopic (exact) mass is 532 g/mol. The number of hydrogen-bond donors (Lipinski definition) is 1. The molecule has 4 atom stereocenters. The lowest BCUT2D eigenvalue weighted by Gasteiger charge is -2.30. The van der Waals surface area contributed by atoms with Crippen LogP contribution in [0.4, 0.5) is 4.39 Å². The van der Waals surface area contributed by atoms with Crippen molar-refractivity contribution in [2.24, 2.45) is 11.8 Å². The lowest BCUT2D eigenvalue weighted by Crippen LogP contribution is -2.22. The molecule has 2 aromatic carbocycles. The molecule has 0 bridgehead atoms. The highest BCUT2D eigenvalue weighted by Crippen LogP contribution is 2.48. The maximum Gasteiger partial charge on any atom is 0.306 e. The summed E-state index contributed by atoms with van der Waals surface area (Å²) in [6.45, 7) is 3.91. The van der Waals surface area contributed by atoms with Crippen molar-refractivity contribution in [2.75, 3.05) is 21.2 Å². The molecule has 1 aliphatic carbocycles. The van der Waals surface area contributed by atoms with Gasteiger partial charge in [-0.15, -0.1) is 0 Å². The van der Waals surface area contributed by atoms with Gasteiger partial charge in [0, 0.05) is 17.7 Å². The molecule has 206 valence electrons. The number of fused-ring (bicyclic) bond motifs is 1. The molecule has 2 aliphatic rings. The van der Waals surface area contributed by atoms with Crippen LogP contribution < -0.4 is 9.47 Å². The van der Waals surface area contributed by atoms with E-state index < -0.39 is 17.7 Å². The number of methoxy groups -OCH3 is 1. The van der Waals surface area contributed by atoms with E-state index in [0.29, 0.717) is 17.4 Å². The first-order valence-corrected chi connectivity index (χ1v) is 13.7. The van der Waals surface area contributed by atoms with Gasteiger partial charge in [0.25, 0.3) is 0 Å². The normalized spacial score (nSPS) is 19.1. The van der Waals surface area contributed by atoms with Gasteiger partial charge in [-0.05, 0) is 98.5 Å². The molecule has 1 N–H and O–H groups in total. The number of hydrogen-bond acceptors (Lipinski definition) is 5. The summed E-state index contributed by atoms with van der Waals surface area (Å²) in [5.74, 6) is 0.0251. The first kappa shape index (κ1) is 27.1. The van der Waals surface area contributed by atoms with Crippen LogP contribution in [-0.4, -0.2) is 42.2 Å². The Morgan fingerprint density at radius 2 is 1.87 bits per heavy atom. The third-order valence-electron chi connectivity index (χ3n) is 8.48. The lowest BCUT2D eigenvalue weighted by molar-refractivity contribution is -0.142. The number of carbonyl (C=O) groups is 1. The summed E-state index contributed by atoms with van der Waals surface area (Å²) in [5.41, 5.74) is 5.49. The maximum atomic E-state index is 14.9. The highest BCUT2D eigenvalue weighted by Gasteiger charge is 2.39. The molecule has 1 saturated carbocycles. The highest BCUT2D eigenvalue weighted by molar-refractivity contribution is 5.71. The zero-order chi connectivity index (χ0) is 27.8. The topological polar surface area (TPSA) is 71.9 Å². The molecule has 1 fully saturated rings. The van der Waals surface area contributed by atoms with E-state index >= 15 is 0 Å². The van der Waals surface area contributed by atoms with Crippen molar-refractivity contribution in [1.82, 2.24) is 9.88 Å². The molecule has 3 unspecified atom stereocenters. The first-order chi connectivity index (χ1) is 18.7. The van der Waals surface area contributed by atoms with Crippen molar-refractivity contribution in [3.63, 3.8) is 0 Å². The number of pyridine rings is 1. The van der Waals surface area contributed by atoms with Gasteiger partial charge in [0.2, 0.25) is 5.88 Å². The van der Waals surface area contributed by atoms with Gasteiger partial charge in [-0.3, -0.25) is 4.79 Å². The second-order valence-electron chi connectivity index (χ2n) is 11.2. The Morgan fingerprint density at radius 3 is 2.54 bits per heavy atom. The van der Waals surface area contributed by atoms with Crippen molar-refractivity contribution in [3.8, 4) is 22.8 Å². The van der Waals surface area contributed by atoms with Gasteiger partial charge < -0.3 is 19.5 Å². The third-order valence-corrected chi connectivity index (χ3v) is 8.48. The summed E-state index contributed by atoms with van der Waals surface area (Å²) in [4.78, 5) is 17.9. The molecule has 0 amide bonds. The van der Waals surface area contributed by atoms with Crippen LogP contribution in [0.3, 0.4) is 0 Å². The molecule has 0 saturated heterocycles. The van der Waals surface area contributed by atoms with Gasteiger partial charge in [0.15, 0.2) is 0 Å². The largest absolute Gasteiger partial charge is 0.485 e. The number of carboxylic acids is 1. The number of ether oxygens (including phenoxy) is 2. The van der Waals surface area contributed by atoms with Crippen molar-refractivity contribution in [1.29, 1.82) is 0 Å². The molecule has 1 aromatic heterocycles. The second kappa shape index (κ2) is 11.0. The predicted molar refractivity (Wildman–Crippen MR) is 149 cm³/mol. The molecule has 5 rings (SSSR count). The van der Waals surface area contributed by atoms with Crippen molar-refractivity contribution in [3.05, 3.63) is 76.7 Å². The molecular formula is C32H37FN2O4. The Bertz CT molecular complexity index is 1370. The standard InChI is InChI=1S/C32H37FN2O4/c1-18(32(36)37)31(21-7-8-21)23-9-6-20-11-13-28(39-29(20)15-23)22-10-12-24(25(14-22)19(2)35(3)4)26-16-30(38-5)34-17-27(26)33/h6,9-10,12,14-19,21,28,31H,7-8,11,13H2,1-5H3,(H,36,37)/t18-,19?,28?,31?/m0/s1. The number of carboxylic acid groups (broad SMARTS) is 1. The summed E-state index contributed by atoms with van der Waals surface area (Å²) in [6, 6.07) is 14.0. The Kier molecular flexibility index (Phi) is 7.63. The number of nitrogens with zero attached hydrogens (tertiary/aromatic N) is 2. The molecule has 39 heavy (non-hydrogen) atoms. The summed E-state index contributed by atoms with van der Waals surface area (Å²) in [7, 11) is 5.54. The van der Waals surface area contributed by atoms with Gasteiger partial charge in [-0.1, -0.05) is 31.2 Å². The zero-order valence-corrected chi connectivity index (χ0v) is 23.3. The smallest absolute Gasteiger partial charge is 0.306 e. The molecule has 7 heteroatoms. The number of aromatic nitrogens is 1. The SMILES string of the molecule is COc1cc(-c2ccc(C3CCc4ccc(C(C5CC5)[C@H](C)C(=O)O)cc4O3)cc2C(C)N(C)C)c(F)cn1. The van der Waals surface area contributed by atoms with E-state index in [0.717, 1.165) is 59.3 Å². The van der Waals surface area contributed by atoms with E-state index in [2.05, 4.69) is 41.1 Å². The third kappa shape index (κ3) is 5.50. The van der Waals surface area contributed by atoms with Gasteiger partial charge in [-0.2, -0.15) is 0 Å². The van der Waals surface area contributed by atoms with Crippen molar-refractivity contribution < 1.29 is 23.8 Å². The fourth-order valence-electron chi connectivity index (χ4n) is 5.79. The Morgan fingerprint density at radius 1 is 1.10 bits per heavy atom. The second-order valence-corrected chi connectivity index (χ2v) is 11.2. The van der Waals surface area contributed by atoms with Crippen LogP contribution in [0.2, 0.25) is 0 Å². The average molecular weight is 533 g/mol. The first-order valence-electron chi connectivity index (χ1n) is 13.7. The molecule has 3 aromatic rings. The minimum absolute atomic E-state index is 0.00384. The number of rotatable bonds is 9. The predicted octanol–water partition coefficient (Wildman–Crippen LogP) is 6.80. The fraction of sp³-hybridized carbons (Fsp3) is 0.438. The summed E-state index contributed by atoms with van der Waals surface area (Å²) in [5, 5.41) is 9.71. The average Bonchev–Trinajstić information content (AvgIpc) is 3.77. The molecule has 6 nitrogen and oxygen atoms in total. The minimum atomic E-state index is -0.755. The van der Waals surface area contributed by atoms with E-state index in [1.54, 1.807) is 6.07 Å². The summed E-state index contributed by atoms with van der Waals surface area (Å²) in [6.07, 6.45) is 4.90. The van der Waals surface area contributed by atoms with Crippen molar-refractivity contribution in [2.45, 2.75) is 57.6 Å². The van der Waals surface area contributed by atoms with Gasteiger partial charge in [0.05, 0.1) is 19.2 Å². The number of benzene rings is 2. The van der Waals surface area contributed by atoms with E-state index in [1.807, 2.05) is 33.2 Å². The zero-order valence-electron chi connectivity index (χ0n) is 23.3. The van der Waals surface area contributed by atoms with E-state index in [4.69, 9.17) is 9.47 Å². The summed E-state index contributed by atoms with van der Waals surface area (Å²) >= 11 is 0. The Hall–Kier alpha value is -3.45. The maximum absolute atomic E-state index is 14.9. The van der Waals surface area contributed by atoms with Gasteiger partial charge in [0.1, 0.15) is 17.7 Å². The molecule has 2 heterocycles. The molecular weight excluding hydrogens is 495 g/mol. The van der Waals surface area contributed by atoms with E-state index in [1.165, 1.54) is 13.3 Å². The number of aliphatic carboxylic acids is 1. The van der Waals surface area contributed by atoms with Gasteiger partial charge >= 0.3 is 5.97 Å². The van der Waals surface area contributed by atoms with Crippen LogP contribution in [0, 0.1) is 17.7 Å². The Balaban J connectivity index is 1.49. The van der Waals surface area contributed by atoms with Gasteiger partial charge in [-0.25, -0.2) is 9.37 Å². The van der Waals surface area contributed by atoms with E-state index in [9.17, 15) is 14.3 Å². The van der Waals surface area contributed by atoms with Crippen LogP contribution in [-0.2, 0) is 11.2 Å². The Labute approximate surface area is 229 Å². The molecule has 0 spiro atoms. The van der Waals surface area contributed by atoms with Crippen LogP contribution in [0.1, 0.15) is 73.4 Å².